The zero-order chi connectivity index (χ0) is 12.1. The molecule has 0 aliphatic carbocycles. The van der Waals surface area contributed by atoms with Gasteiger partial charge in [0.15, 0.2) is 11.6 Å². The fraction of sp³-hybridized carbons (Fsp3) is 0.545. The predicted octanol–water partition coefficient (Wildman–Crippen LogP) is 3.43. The van der Waals surface area contributed by atoms with Gasteiger partial charge < -0.3 is 5.32 Å². The van der Waals surface area contributed by atoms with Crippen LogP contribution in [0.5, 0.6) is 0 Å². The summed E-state index contributed by atoms with van der Waals surface area (Å²) in [6, 6.07) is 0.845. The van der Waals surface area contributed by atoms with E-state index in [0.29, 0.717) is 18.2 Å². The first-order valence-electron chi connectivity index (χ1n) is 5.18. The average molecular weight is 249 g/mol. The van der Waals surface area contributed by atoms with Crippen LogP contribution in [0.2, 0.25) is 0 Å². The molecule has 90 valence electrons. The molecule has 1 aromatic heterocycles. The van der Waals surface area contributed by atoms with Crippen LogP contribution < -0.4 is 5.32 Å². The minimum absolute atomic E-state index is 0.0324. The van der Waals surface area contributed by atoms with Crippen LogP contribution in [0.15, 0.2) is 12.3 Å². The molecule has 2 nitrogen and oxygen atoms in total. The quantitative estimate of drug-likeness (QED) is 0.808. The summed E-state index contributed by atoms with van der Waals surface area (Å²) in [5.74, 6) is -0.504. The van der Waals surface area contributed by atoms with E-state index in [0.717, 1.165) is 12.3 Å². The van der Waals surface area contributed by atoms with Crippen molar-refractivity contribution in [1.82, 2.24) is 4.98 Å². The molecular formula is C11H15ClF2N2. The van der Waals surface area contributed by atoms with Crippen LogP contribution in [0.4, 0.5) is 14.6 Å². The maximum absolute atomic E-state index is 13.3. The lowest BCUT2D eigenvalue weighted by atomic mass is 10.0. The summed E-state index contributed by atoms with van der Waals surface area (Å²) in [6.45, 7) is 4.01. The van der Waals surface area contributed by atoms with Gasteiger partial charge >= 0.3 is 0 Å². The Bertz CT molecular complexity index is 345. The molecule has 0 saturated heterocycles. The molecule has 0 aromatic carbocycles. The highest BCUT2D eigenvalue weighted by molar-refractivity contribution is 6.17. The second kappa shape index (κ2) is 5.99. The van der Waals surface area contributed by atoms with Crippen molar-refractivity contribution in [2.75, 3.05) is 11.2 Å². The number of pyridine rings is 1. The Labute approximate surface area is 99.0 Å². The van der Waals surface area contributed by atoms with Crippen molar-refractivity contribution >= 4 is 17.4 Å². The molecule has 1 unspecified atom stereocenters. The Morgan fingerprint density at radius 3 is 2.62 bits per heavy atom. The lowest BCUT2D eigenvalue weighted by Crippen LogP contribution is -2.27. The van der Waals surface area contributed by atoms with E-state index in [2.05, 4.69) is 10.3 Å². The second-order valence-electron chi connectivity index (χ2n) is 3.96. The summed E-state index contributed by atoms with van der Waals surface area (Å²) in [6.07, 6.45) is 1.70. The van der Waals surface area contributed by atoms with Gasteiger partial charge in [0.2, 0.25) is 0 Å². The Morgan fingerprint density at radius 1 is 1.44 bits per heavy atom. The molecule has 16 heavy (non-hydrogen) atoms. The van der Waals surface area contributed by atoms with E-state index < -0.39 is 11.6 Å². The van der Waals surface area contributed by atoms with Gasteiger partial charge in [0.25, 0.3) is 0 Å². The number of halogens is 3. The highest BCUT2D eigenvalue weighted by atomic mass is 35.5. The van der Waals surface area contributed by atoms with E-state index in [4.69, 9.17) is 11.6 Å². The summed E-state index contributed by atoms with van der Waals surface area (Å²) in [5, 5.41) is 2.94. The SMILES string of the molecule is CC(C)C(CCCl)Nc1ncc(F)cc1F. The van der Waals surface area contributed by atoms with Gasteiger partial charge in [-0.05, 0) is 12.3 Å². The minimum atomic E-state index is -0.680. The van der Waals surface area contributed by atoms with Crippen molar-refractivity contribution in [2.45, 2.75) is 26.3 Å². The highest BCUT2D eigenvalue weighted by Crippen LogP contribution is 2.17. The van der Waals surface area contributed by atoms with Crippen LogP contribution in [0.25, 0.3) is 0 Å². The standard InChI is InChI=1S/C11H15ClF2N2/c1-7(2)10(3-4-12)16-11-9(14)5-8(13)6-15-11/h5-7,10H,3-4H2,1-2H3,(H,15,16). The van der Waals surface area contributed by atoms with Crippen LogP contribution in [0.3, 0.4) is 0 Å². The second-order valence-corrected chi connectivity index (χ2v) is 4.33. The molecule has 1 aromatic rings. The summed E-state index contributed by atoms with van der Waals surface area (Å²) in [5.41, 5.74) is 0. The van der Waals surface area contributed by atoms with E-state index in [9.17, 15) is 8.78 Å². The monoisotopic (exact) mass is 248 g/mol. The van der Waals surface area contributed by atoms with Gasteiger partial charge in [-0.15, -0.1) is 11.6 Å². The topological polar surface area (TPSA) is 24.9 Å². The number of nitrogens with one attached hydrogen (secondary N) is 1. The van der Waals surface area contributed by atoms with Crippen LogP contribution >= 0.6 is 11.6 Å². The number of hydrogen-bond donors (Lipinski definition) is 1. The number of anilines is 1. The Morgan fingerprint density at radius 2 is 2.12 bits per heavy atom. The van der Waals surface area contributed by atoms with Gasteiger partial charge in [0, 0.05) is 18.0 Å². The van der Waals surface area contributed by atoms with Gasteiger partial charge in [-0.25, -0.2) is 13.8 Å². The van der Waals surface area contributed by atoms with Crippen LogP contribution in [-0.4, -0.2) is 16.9 Å². The first kappa shape index (κ1) is 13.2. The van der Waals surface area contributed by atoms with Gasteiger partial charge in [-0.1, -0.05) is 13.8 Å². The van der Waals surface area contributed by atoms with Crippen LogP contribution in [0.1, 0.15) is 20.3 Å². The van der Waals surface area contributed by atoms with Crippen LogP contribution in [-0.2, 0) is 0 Å². The number of alkyl halides is 1. The highest BCUT2D eigenvalue weighted by Gasteiger charge is 2.15. The van der Waals surface area contributed by atoms with Gasteiger partial charge in [0.1, 0.15) is 5.82 Å². The van der Waals surface area contributed by atoms with E-state index in [1.807, 2.05) is 13.8 Å². The maximum atomic E-state index is 13.3. The van der Waals surface area contributed by atoms with Crippen molar-refractivity contribution in [3.63, 3.8) is 0 Å². The number of aromatic nitrogens is 1. The number of nitrogens with zero attached hydrogens (tertiary/aromatic N) is 1. The third-order valence-corrected chi connectivity index (χ3v) is 2.57. The normalized spacial score (nSPS) is 12.9. The smallest absolute Gasteiger partial charge is 0.168 e. The van der Waals surface area contributed by atoms with E-state index >= 15 is 0 Å². The zero-order valence-electron chi connectivity index (χ0n) is 9.30. The molecule has 1 rings (SSSR count). The van der Waals surface area contributed by atoms with Crippen molar-refractivity contribution < 1.29 is 8.78 Å². The van der Waals surface area contributed by atoms with Crippen LogP contribution in [0, 0.1) is 17.6 Å². The third-order valence-electron chi connectivity index (χ3n) is 2.35. The summed E-state index contributed by atoms with van der Waals surface area (Å²) < 4.78 is 26.0. The van der Waals surface area contributed by atoms with Crippen molar-refractivity contribution in [2.24, 2.45) is 5.92 Å². The lowest BCUT2D eigenvalue weighted by Gasteiger charge is -2.22. The first-order chi connectivity index (χ1) is 7.54. The molecule has 5 heteroatoms. The molecule has 0 bridgehead atoms. The Balaban J connectivity index is 2.77. The summed E-state index contributed by atoms with van der Waals surface area (Å²) >= 11 is 5.66. The lowest BCUT2D eigenvalue weighted by molar-refractivity contribution is 0.504. The zero-order valence-corrected chi connectivity index (χ0v) is 10.1. The van der Waals surface area contributed by atoms with E-state index in [1.54, 1.807) is 0 Å². The predicted molar refractivity (Wildman–Crippen MR) is 61.7 cm³/mol. The molecule has 0 aliphatic heterocycles. The third kappa shape index (κ3) is 3.59. The largest absolute Gasteiger partial charge is 0.365 e. The van der Waals surface area contributed by atoms with Crippen molar-refractivity contribution in [1.29, 1.82) is 0 Å². The molecular weight excluding hydrogens is 234 g/mol. The summed E-state index contributed by atoms with van der Waals surface area (Å²) in [7, 11) is 0. The van der Waals surface area contributed by atoms with Gasteiger partial charge in [0.05, 0.1) is 6.20 Å². The van der Waals surface area contributed by atoms with Crippen molar-refractivity contribution in [3.05, 3.63) is 23.9 Å². The molecule has 1 heterocycles. The maximum Gasteiger partial charge on any atom is 0.168 e. The molecule has 0 saturated carbocycles. The van der Waals surface area contributed by atoms with Gasteiger partial charge in [-0.2, -0.15) is 0 Å². The fourth-order valence-electron chi connectivity index (χ4n) is 1.39. The average Bonchev–Trinajstić information content (AvgIpc) is 2.20. The van der Waals surface area contributed by atoms with E-state index in [1.165, 1.54) is 0 Å². The first-order valence-corrected chi connectivity index (χ1v) is 5.71. The fourth-order valence-corrected chi connectivity index (χ4v) is 1.62. The molecule has 0 radical (unpaired) electrons. The van der Waals surface area contributed by atoms with Crippen molar-refractivity contribution in [3.8, 4) is 0 Å². The minimum Gasteiger partial charge on any atom is -0.365 e. The number of rotatable bonds is 5. The molecule has 0 amide bonds. The molecule has 0 spiro atoms. The molecule has 1 atom stereocenters. The Kier molecular flexibility index (Phi) is 4.93. The molecule has 1 N–H and O–H groups in total. The van der Waals surface area contributed by atoms with E-state index in [-0.39, 0.29) is 11.9 Å². The molecule has 0 fully saturated rings. The summed E-state index contributed by atoms with van der Waals surface area (Å²) in [4.78, 5) is 3.68. The molecule has 0 aliphatic rings. The number of hydrogen-bond acceptors (Lipinski definition) is 2. The Hall–Kier alpha value is -0.900. The van der Waals surface area contributed by atoms with Gasteiger partial charge in [-0.3, -0.25) is 0 Å².